The van der Waals surface area contributed by atoms with E-state index in [1.165, 1.54) is 44.4 Å². The molecule has 1 amide bonds. The first kappa shape index (κ1) is 19.1. The molecule has 0 saturated carbocycles. The lowest BCUT2D eigenvalue weighted by Crippen LogP contribution is -2.22. The first-order valence-corrected chi connectivity index (χ1v) is 9.75. The number of pyridine rings is 1. The topological polar surface area (TPSA) is 83.8 Å². The molecule has 2 heterocycles. The van der Waals surface area contributed by atoms with Crippen LogP contribution in [-0.4, -0.2) is 42.1 Å². The number of aromatic nitrogens is 2. The van der Waals surface area contributed by atoms with E-state index in [4.69, 9.17) is 11.6 Å². The molecule has 27 heavy (non-hydrogen) atoms. The molecule has 0 bridgehead atoms. The van der Waals surface area contributed by atoms with Gasteiger partial charge in [-0.15, -0.1) is 0 Å². The predicted octanol–water partition coefficient (Wildman–Crippen LogP) is 2.89. The van der Waals surface area contributed by atoms with E-state index in [-0.39, 0.29) is 10.8 Å². The van der Waals surface area contributed by atoms with Gasteiger partial charge < -0.3 is 5.32 Å². The van der Waals surface area contributed by atoms with Crippen molar-refractivity contribution in [1.29, 1.82) is 0 Å². The van der Waals surface area contributed by atoms with Crippen LogP contribution < -0.4 is 5.32 Å². The summed E-state index contributed by atoms with van der Waals surface area (Å²) in [6.07, 6.45) is 4.71. The quantitative estimate of drug-likeness (QED) is 0.663. The predicted molar refractivity (Wildman–Crippen MR) is 105 cm³/mol. The molecule has 3 aromatic rings. The van der Waals surface area contributed by atoms with Gasteiger partial charge in [0.1, 0.15) is 5.65 Å². The van der Waals surface area contributed by atoms with E-state index in [1.54, 1.807) is 16.7 Å². The highest BCUT2D eigenvalue weighted by atomic mass is 35.5. The molecule has 3 rings (SSSR count). The standard InChI is InChI=1S/C18H17ClN4O3S/c1-22(2)27(25,26)14-8-6-13(7-9-14)20-17(24)11-10-15-18(19)21-16-5-3-4-12-23(15)16/h3-12H,1-2H3,(H,20,24)/b11-10+. The molecule has 0 aliphatic rings. The van der Waals surface area contributed by atoms with Crippen LogP contribution in [0.2, 0.25) is 5.15 Å². The molecule has 9 heteroatoms. The molecular formula is C18H17ClN4O3S. The van der Waals surface area contributed by atoms with Crippen LogP contribution in [0.5, 0.6) is 0 Å². The molecule has 0 spiro atoms. The Balaban J connectivity index is 1.74. The van der Waals surface area contributed by atoms with Gasteiger partial charge >= 0.3 is 0 Å². The molecule has 1 aromatic carbocycles. The number of anilines is 1. The molecule has 7 nitrogen and oxygen atoms in total. The number of fused-ring (bicyclic) bond motifs is 1. The van der Waals surface area contributed by atoms with Gasteiger partial charge in [0, 0.05) is 32.1 Å². The molecule has 0 unspecified atom stereocenters. The first-order valence-electron chi connectivity index (χ1n) is 7.93. The zero-order valence-electron chi connectivity index (χ0n) is 14.6. The maximum atomic E-state index is 12.1. The molecule has 0 saturated heterocycles. The van der Waals surface area contributed by atoms with Crippen LogP contribution in [0, 0.1) is 0 Å². The normalized spacial score (nSPS) is 12.1. The number of imidazole rings is 1. The lowest BCUT2D eigenvalue weighted by molar-refractivity contribution is -0.111. The number of carbonyl (C=O) groups is 1. The highest BCUT2D eigenvalue weighted by Crippen LogP contribution is 2.19. The lowest BCUT2D eigenvalue weighted by Gasteiger charge is -2.11. The van der Waals surface area contributed by atoms with Gasteiger partial charge in [0.15, 0.2) is 5.15 Å². The number of sulfonamides is 1. The van der Waals surface area contributed by atoms with E-state index in [0.717, 1.165) is 4.31 Å². The number of halogens is 1. The lowest BCUT2D eigenvalue weighted by atomic mass is 10.3. The summed E-state index contributed by atoms with van der Waals surface area (Å²) in [6, 6.07) is 11.4. The molecular weight excluding hydrogens is 388 g/mol. The number of benzene rings is 1. The van der Waals surface area contributed by atoms with Crippen LogP contribution in [0.1, 0.15) is 5.69 Å². The number of rotatable bonds is 5. The van der Waals surface area contributed by atoms with E-state index in [9.17, 15) is 13.2 Å². The van der Waals surface area contributed by atoms with Crippen molar-refractivity contribution in [3.63, 3.8) is 0 Å². The van der Waals surface area contributed by atoms with E-state index in [1.807, 2.05) is 18.2 Å². The smallest absolute Gasteiger partial charge is 0.248 e. The summed E-state index contributed by atoms with van der Waals surface area (Å²) in [5, 5.41) is 2.97. The Kier molecular flexibility index (Phi) is 5.31. The summed E-state index contributed by atoms with van der Waals surface area (Å²) < 4.78 is 27.0. The fraction of sp³-hybridized carbons (Fsp3) is 0.111. The maximum absolute atomic E-state index is 12.1. The van der Waals surface area contributed by atoms with Crippen LogP contribution in [0.4, 0.5) is 5.69 Å². The van der Waals surface area contributed by atoms with Crippen molar-refractivity contribution in [3.05, 3.63) is 65.6 Å². The SMILES string of the molecule is CN(C)S(=O)(=O)c1ccc(NC(=O)/C=C/c2c(Cl)nc3ccccn23)cc1. The van der Waals surface area contributed by atoms with Gasteiger partial charge in [-0.25, -0.2) is 17.7 Å². The molecule has 1 N–H and O–H groups in total. The highest BCUT2D eigenvalue weighted by molar-refractivity contribution is 7.89. The second kappa shape index (κ2) is 7.51. The van der Waals surface area contributed by atoms with E-state index in [2.05, 4.69) is 10.3 Å². The van der Waals surface area contributed by atoms with Crippen LogP contribution in [-0.2, 0) is 14.8 Å². The molecule has 0 aliphatic carbocycles. The Hall–Kier alpha value is -2.68. The second-order valence-electron chi connectivity index (χ2n) is 5.85. The summed E-state index contributed by atoms with van der Waals surface area (Å²) in [6.45, 7) is 0. The second-order valence-corrected chi connectivity index (χ2v) is 8.36. The summed E-state index contributed by atoms with van der Waals surface area (Å²) in [5.74, 6) is -0.375. The number of hydrogen-bond acceptors (Lipinski definition) is 4. The van der Waals surface area contributed by atoms with E-state index in [0.29, 0.717) is 22.2 Å². The number of hydrogen-bond donors (Lipinski definition) is 1. The third-order valence-corrected chi connectivity index (χ3v) is 5.92. The van der Waals surface area contributed by atoms with Crippen molar-refractivity contribution < 1.29 is 13.2 Å². The molecule has 2 aromatic heterocycles. The minimum atomic E-state index is -3.51. The number of nitrogens with one attached hydrogen (secondary N) is 1. The number of amides is 1. The molecule has 0 fully saturated rings. The first-order chi connectivity index (χ1) is 12.8. The minimum absolute atomic E-state index is 0.151. The molecule has 0 aliphatic heterocycles. The minimum Gasteiger partial charge on any atom is -0.323 e. The van der Waals surface area contributed by atoms with Crippen molar-refractivity contribution >= 4 is 44.9 Å². The summed E-state index contributed by atoms with van der Waals surface area (Å²) in [5.41, 5.74) is 1.75. The third kappa shape index (κ3) is 4.02. The van der Waals surface area contributed by atoms with Crippen LogP contribution >= 0.6 is 11.6 Å². The van der Waals surface area contributed by atoms with Gasteiger partial charge in [0.05, 0.1) is 10.6 Å². The van der Waals surface area contributed by atoms with Gasteiger partial charge in [0.2, 0.25) is 15.9 Å². The highest BCUT2D eigenvalue weighted by Gasteiger charge is 2.16. The average molecular weight is 405 g/mol. The van der Waals surface area contributed by atoms with Crippen molar-refractivity contribution in [2.75, 3.05) is 19.4 Å². The van der Waals surface area contributed by atoms with E-state index >= 15 is 0 Å². The summed E-state index contributed by atoms with van der Waals surface area (Å²) in [4.78, 5) is 16.5. The summed E-state index contributed by atoms with van der Waals surface area (Å²) >= 11 is 6.12. The average Bonchev–Trinajstić information content (AvgIpc) is 2.95. The number of carbonyl (C=O) groups excluding carboxylic acids is 1. The molecule has 0 atom stereocenters. The van der Waals surface area contributed by atoms with Gasteiger partial charge in [-0.3, -0.25) is 9.20 Å². The van der Waals surface area contributed by atoms with Crippen LogP contribution in [0.15, 0.2) is 59.6 Å². The monoisotopic (exact) mass is 404 g/mol. The maximum Gasteiger partial charge on any atom is 0.248 e. The van der Waals surface area contributed by atoms with Crippen molar-refractivity contribution in [2.24, 2.45) is 0 Å². The zero-order chi connectivity index (χ0) is 19.6. The summed E-state index contributed by atoms with van der Waals surface area (Å²) in [7, 11) is -0.586. The van der Waals surface area contributed by atoms with Gasteiger partial charge in [-0.2, -0.15) is 0 Å². The van der Waals surface area contributed by atoms with E-state index < -0.39 is 10.0 Å². The third-order valence-electron chi connectivity index (χ3n) is 3.81. The van der Waals surface area contributed by atoms with Crippen molar-refractivity contribution in [1.82, 2.24) is 13.7 Å². The Morgan fingerprint density at radius 1 is 1.19 bits per heavy atom. The molecule has 140 valence electrons. The fourth-order valence-corrected chi connectivity index (χ4v) is 3.54. The Bertz CT molecular complexity index is 1120. The van der Waals surface area contributed by atoms with Gasteiger partial charge in [-0.05, 0) is 42.5 Å². The zero-order valence-corrected chi connectivity index (χ0v) is 16.2. The van der Waals surface area contributed by atoms with Crippen LogP contribution in [0.3, 0.4) is 0 Å². The Morgan fingerprint density at radius 2 is 1.89 bits per heavy atom. The van der Waals surface area contributed by atoms with Crippen molar-refractivity contribution in [2.45, 2.75) is 4.90 Å². The fourth-order valence-electron chi connectivity index (χ4n) is 2.39. The Morgan fingerprint density at radius 3 is 2.56 bits per heavy atom. The Labute approximate surface area is 161 Å². The number of nitrogens with zero attached hydrogens (tertiary/aromatic N) is 3. The molecule has 0 radical (unpaired) electrons. The van der Waals surface area contributed by atoms with Gasteiger partial charge in [-0.1, -0.05) is 17.7 Å². The largest absolute Gasteiger partial charge is 0.323 e. The van der Waals surface area contributed by atoms with Crippen molar-refractivity contribution in [3.8, 4) is 0 Å². The van der Waals surface area contributed by atoms with Gasteiger partial charge in [0.25, 0.3) is 0 Å². The van der Waals surface area contributed by atoms with Crippen LogP contribution in [0.25, 0.3) is 11.7 Å².